The first kappa shape index (κ1) is 17.8. The zero-order valence-electron chi connectivity index (χ0n) is 13.7. The Bertz CT molecular complexity index is 744. The minimum absolute atomic E-state index is 0.182. The van der Waals surface area contributed by atoms with Gasteiger partial charge >= 0.3 is 0 Å². The highest BCUT2D eigenvalue weighted by atomic mass is 35.5. The molecule has 2 rings (SSSR count). The van der Waals surface area contributed by atoms with Gasteiger partial charge in [0, 0.05) is 18.3 Å². The fourth-order valence-electron chi connectivity index (χ4n) is 2.04. The van der Waals surface area contributed by atoms with Gasteiger partial charge in [-0.3, -0.25) is 9.59 Å². The van der Waals surface area contributed by atoms with Gasteiger partial charge < -0.3 is 15.4 Å². The van der Waals surface area contributed by atoms with Crippen LogP contribution < -0.4 is 15.4 Å². The molecule has 0 saturated heterocycles. The molecule has 2 amide bonds. The van der Waals surface area contributed by atoms with E-state index in [1.54, 1.807) is 50.4 Å². The number of anilines is 1. The van der Waals surface area contributed by atoms with Crippen LogP contribution in [0.3, 0.4) is 0 Å². The first-order valence-corrected chi connectivity index (χ1v) is 7.84. The summed E-state index contributed by atoms with van der Waals surface area (Å²) in [7, 11) is 1.56. The van der Waals surface area contributed by atoms with E-state index < -0.39 is 6.10 Å². The van der Waals surface area contributed by atoms with E-state index in [0.717, 1.165) is 5.56 Å². The number of benzene rings is 2. The molecule has 5 nitrogen and oxygen atoms in total. The lowest BCUT2D eigenvalue weighted by molar-refractivity contribution is -0.122. The molecule has 0 aliphatic rings. The molecule has 0 saturated carbocycles. The minimum Gasteiger partial charge on any atom is -0.479 e. The molecule has 126 valence electrons. The summed E-state index contributed by atoms with van der Waals surface area (Å²) >= 11 is 6.07. The number of ether oxygens (including phenoxy) is 1. The summed E-state index contributed by atoms with van der Waals surface area (Å²) < 4.78 is 5.63. The second-order valence-corrected chi connectivity index (χ2v) is 5.75. The van der Waals surface area contributed by atoms with E-state index in [4.69, 9.17) is 16.3 Å². The van der Waals surface area contributed by atoms with E-state index in [2.05, 4.69) is 10.6 Å². The molecule has 2 N–H and O–H groups in total. The minimum atomic E-state index is -0.720. The van der Waals surface area contributed by atoms with Gasteiger partial charge in [0.05, 0.1) is 5.02 Å². The van der Waals surface area contributed by atoms with Crippen molar-refractivity contribution in [3.05, 3.63) is 58.6 Å². The molecule has 24 heavy (non-hydrogen) atoms. The van der Waals surface area contributed by atoms with Crippen molar-refractivity contribution >= 4 is 29.1 Å². The summed E-state index contributed by atoms with van der Waals surface area (Å²) in [5.74, 6) is -0.0202. The Kier molecular flexibility index (Phi) is 5.82. The third-order valence-corrected chi connectivity index (χ3v) is 3.71. The average molecular weight is 347 g/mol. The summed E-state index contributed by atoms with van der Waals surface area (Å²) in [6.45, 7) is 3.56. The van der Waals surface area contributed by atoms with Crippen molar-refractivity contribution in [2.24, 2.45) is 0 Å². The van der Waals surface area contributed by atoms with Gasteiger partial charge in [0.2, 0.25) is 0 Å². The monoisotopic (exact) mass is 346 g/mol. The van der Waals surface area contributed by atoms with E-state index in [9.17, 15) is 9.59 Å². The lowest BCUT2D eigenvalue weighted by Crippen LogP contribution is -2.30. The molecule has 1 atom stereocenters. The number of hydrogen-bond acceptors (Lipinski definition) is 3. The molecule has 0 bridgehead atoms. The Balaban J connectivity index is 2.01. The largest absolute Gasteiger partial charge is 0.479 e. The SMILES string of the molecule is CNC(=O)c1ccc(NC(=O)C(C)Oc2cc(C)ccc2Cl)cc1. The number of carbonyl (C=O) groups excluding carboxylic acids is 2. The van der Waals surface area contributed by atoms with Crippen LogP contribution in [0.1, 0.15) is 22.8 Å². The molecule has 0 aliphatic heterocycles. The Hall–Kier alpha value is -2.53. The zero-order valence-corrected chi connectivity index (χ0v) is 14.5. The normalized spacial score (nSPS) is 11.5. The van der Waals surface area contributed by atoms with Gasteiger partial charge in [-0.1, -0.05) is 17.7 Å². The smallest absolute Gasteiger partial charge is 0.265 e. The maximum absolute atomic E-state index is 12.2. The van der Waals surface area contributed by atoms with E-state index >= 15 is 0 Å². The van der Waals surface area contributed by atoms with Crippen LogP contribution in [0.15, 0.2) is 42.5 Å². The molecule has 2 aromatic rings. The molecule has 0 spiro atoms. The Morgan fingerprint density at radius 2 is 1.79 bits per heavy atom. The summed E-state index contributed by atoms with van der Waals surface area (Å²) in [6.07, 6.45) is -0.720. The molecule has 0 heterocycles. The van der Waals surface area contributed by atoms with Gasteiger partial charge in [-0.2, -0.15) is 0 Å². The Labute approximate surface area is 146 Å². The van der Waals surface area contributed by atoms with Crippen LogP contribution in [0.25, 0.3) is 0 Å². The van der Waals surface area contributed by atoms with Crippen molar-refractivity contribution in [3.8, 4) is 5.75 Å². The fourth-order valence-corrected chi connectivity index (χ4v) is 2.20. The van der Waals surface area contributed by atoms with E-state index in [-0.39, 0.29) is 11.8 Å². The number of halogens is 1. The number of aryl methyl sites for hydroxylation is 1. The Morgan fingerprint density at radius 1 is 1.12 bits per heavy atom. The van der Waals surface area contributed by atoms with Crippen molar-refractivity contribution in [1.82, 2.24) is 5.32 Å². The van der Waals surface area contributed by atoms with Crippen molar-refractivity contribution < 1.29 is 14.3 Å². The van der Waals surface area contributed by atoms with Crippen LogP contribution >= 0.6 is 11.6 Å². The van der Waals surface area contributed by atoms with Gasteiger partial charge in [-0.15, -0.1) is 0 Å². The second kappa shape index (κ2) is 7.84. The lowest BCUT2D eigenvalue weighted by Gasteiger charge is -2.16. The van der Waals surface area contributed by atoms with Gasteiger partial charge in [0.15, 0.2) is 6.10 Å². The molecule has 6 heteroatoms. The number of carbonyl (C=O) groups is 2. The van der Waals surface area contributed by atoms with Crippen molar-refractivity contribution in [2.45, 2.75) is 20.0 Å². The van der Waals surface area contributed by atoms with Crippen LogP contribution in [0.2, 0.25) is 5.02 Å². The molecule has 0 radical (unpaired) electrons. The van der Waals surface area contributed by atoms with Gasteiger partial charge in [0.1, 0.15) is 5.75 Å². The highest BCUT2D eigenvalue weighted by molar-refractivity contribution is 6.32. The standard InChI is InChI=1S/C18H19ClN2O3/c1-11-4-9-15(19)16(10-11)24-12(2)17(22)21-14-7-5-13(6-8-14)18(23)20-3/h4-10,12H,1-3H3,(H,20,23)(H,21,22). The summed E-state index contributed by atoms with van der Waals surface area (Å²) in [5, 5.41) is 5.73. The fraction of sp³-hybridized carbons (Fsp3) is 0.222. The van der Waals surface area contributed by atoms with E-state index in [1.165, 1.54) is 0 Å². The molecule has 1 unspecified atom stereocenters. The molecule has 0 aliphatic carbocycles. The average Bonchev–Trinajstić information content (AvgIpc) is 2.58. The number of hydrogen-bond donors (Lipinski definition) is 2. The maximum Gasteiger partial charge on any atom is 0.265 e. The van der Waals surface area contributed by atoms with Crippen molar-refractivity contribution in [3.63, 3.8) is 0 Å². The lowest BCUT2D eigenvalue weighted by atomic mass is 10.2. The Morgan fingerprint density at radius 3 is 2.42 bits per heavy atom. The quantitative estimate of drug-likeness (QED) is 0.871. The van der Waals surface area contributed by atoms with Gasteiger partial charge in [-0.25, -0.2) is 0 Å². The topological polar surface area (TPSA) is 67.4 Å². The number of rotatable bonds is 5. The van der Waals surface area contributed by atoms with Crippen LogP contribution in [0, 0.1) is 6.92 Å². The predicted octanol–water partition coefficient (Wildman–Crippen LogP) is 3.41. The first-order valence-electron chi connectivity index (χ1n) is 7.46. The zero-order chi connectivity index (χ0) is 17.7. The maximum atomic E-state index is 12.2. The van der Waals surface area contributed by atoms with Gasteiger partial charge in [-0.05, 0) is 55.8 Å². The number of amides is 2. The number of nitrogens with one attached hydrogen (secondary N) is 2. The highest BCUT2D eigenvalue weighted by Gasteiger charge is 2.16. The van der Waals surface area contributed by atoms with Crippen molar-refractivity contribution in [2.75, 3.05) is 12.4 Å². The van der Waals surface area contributed by atoms with E-state index in [0.29, 0.717) is 22.0 Å². The van der Waals surface area contributed by atoms with Crippen molar-refractivity contribution in [1.29, 1.82) is 0 Å². The second-order valence-electron chi connectivity index (χ2n) is 5.34. The molecule has 0 aromatic heterocycles. The van der Waals surface area contributed by atoms with Crippen LogP contribution in [0.5, 0.6) is 5.75 Å². The van der Waals surface area contributed by atoms with Gasteiger partial charge in [0.25, 0.3) is 11.8 Å². The van der Waals surface area contributed by atoms with E-state index in [1.807, 2.05) is 13.0 Å². The molecular formula is C18H19ClN2O3. The summed E-state index contributed by atoms with van der Waals surface area (Å²) in [6, 6.07) is 12.0. The van der Waals surface area contributed by atoms with Crippen LogP contribution in [-0.4, -0.2) is 25.0 Å². The third-order valence-electron chi connectivity index (χ3n) is 3.40. The molecule has 0 fully saturated rings. The van der Waals surface area contributed by atoms with Crippen LogP contribution in [-0.2, 0) is 4.79 Å². The summed E-state index contributed by atoms with van der Waals surface area (Å²) in [4.78, 5) is 23.7. The summed E-state index contributed by atoms with van der Waals surface area (Å²) in [5.41, 5.74) is 2.09. The molecule has 2 aromatic carbocycles. The van der Waals surface area contributed by atoms with Crippen LogP contribution in [0.4, 0.5) is 5.69 Å². The first-order chi connectivity index (χ1) is 11.4. The third kappa shape index (κ3) is 4.49. The molecular weight excluding hydrogens is 328 g/mol. The predicted molar refractivity (Wildman–Crippen MR) is 94.7 cm³/mol. The highest BCUT2D eigenvalue weighted by Crippen LogP contribution is 2.26.